The predicted molar refractivity (Wildman–Crippen MR) is 142 cm³/mol. The molecular weight excluding hydrogens is 500 g/mol. The average Bonchev–Trinajstić information content (AvgIpc) is 3.57. The van der Waals surface area contributed by atoms with Gasteiger partial charge in [0.05, 0.1) is 72.2 Å². The highest BCUT2D eigenvalue weighted by Gasteiger charge is 2.22. The Kier molecular flexibility index (Phi) is 6.00. The second-order valence-corrected chi connectivity index (χ2v) is 10.6. The molecule has 0 radical (unpaired) electrons. The lowest BCUT2D eigenvalue weighted by Crippen LogP contribution is -1.93. The third kappa shape index (κ3) is 3.75. The van der Waals surface area contributed by atoms with Crippen molar-refractivity contribution >= 4 is 52.8 Å². The Bertz CT molecular complexity index is 1510. The first kappa shape index (κ1) is 23.0. The molecule has 0 saturated carbocycles. The molecular formula is C26H18N2O4S3. The van der Waals surface area contributed by atoms with Gasteiger partial charge in [-0.05, 0) is 36.4 Å². The average molecular weight is 519 g/mol. The van der Waals surface area contributed by atoms with Gasteiger partial charge < -0.3 is 18.9 Å². The number of nitriles is 2. The van der Waals surface area contributed by atoms with Crippen LogP contribution >= 0.6 is 34.0 Å². The topological polar surface area (TPSA) is 84.5 Å². The van der Waals surface area contributed by atoms with Gasteiger partial charge in [-0.25, -0.2) is 0 Å². The van der Waals surface area contributed by atoms with E-state index in [9.17, 15) is 10.5 Å². The quantitative estimate of drug-likeness (QED) is 0.235. The van der Waals surface area contributed by atoms with Gasteiger partial charge in [-0.2, -0.15) is 10.5 Å². The summed E-state index contributed by atoms with van der Waals surface area (Å²) >= 11 is 5.05. The molecule has 0 aliphatic heterocycles. The number of ether oxygens (including phenoxy) is 4. The van der Waals surface area contributed by atoms with Crippen molar-refractivity contribution in [3.8, 4) is 56.0 Å². The Labute approximate surface area is 213 Å². The van der Waals surface area contributed by atoms with E-state index in [2.05, 4.69) is 24.3 Å². The molecule has 0 fully saturated rings. The summed E-state index contributed by atoms with van der Waals surface area (Å²) in [5, 5.41) is 18.7. The fourth-order valence-electron chi connectivity index (χ4n) is 4.02. The van der Waals surface area contributed by atoms with Crippen molar-refractivity contribution in [2.24, 2.45) is 0 Å². The van der Waals surface area contributed by atoms with Gasteiger partial charge in [0, 0.05) is 19.2 Å². The number of hydrogen-bond donors (Lipinski definition) is 0. The summed E-state index contributed by atoms with van der Waals surface area (Å²) in [5.74, 6) is 2.41. The number of nitrogens with zero attached hydrogens (tertiary/aromatic N) is 2. The fourth-order valence-corrected chi connectivity index (χ4v) is 8.15. The minimum Gasteiger partial charge on any atom is -0.496 e. The zero-order chi connectivity index (χ0) is 24.7. The number of hydrogen-bond acceptors (Lipinski definition) is 9. The largest absolute Gasteiger partial charge is 0.496 e. The Morgan fingerprint density at radius 2 is 0.886 bits per heavy atom. The molecule has 3 heterocycles. The molecule has 0 atom stereocenters. The zero-order valence-corrected chi connectivity index (χ0v) is 21.7. The SMILES string of the molecule is COc1cc(C#N)cc(OC)c1-c1cc2sc3cc(-c4c(OC)cc(C#N)cc4OC)sc3c2s1. The van der Waals surface area contributed by atoms with Crippen LogP contribution in [0.15, 0.2) is 36.4 Å². The third-order valence-corrected chi connectivity index (χ3v) is 9.40. The van der Waals surface area contributed by atoms with Gasteiger partial charge in [0.25, 0.3) is 0 Å². The zero-order valence-electron chi connectivity index (χ0n) is 19.2. The molecule has 174 valence electrons. The summed E-state index contributed by atoms with van der Waals surface area (Å²) in [5.41, 5.74) is 2.64. The van der Waals surface area contributed by atoms with Crippen molar-refractivity contribution in [2.45, 2.75) is 0 Å². The van der Waals surface area contributed by atoms with Gasteiger partial charge in [0.2, 0.25) is 0 Å². The molecule has 0 bridgehead atoms. The van der Waals surface area contributed by atoms with Crippen molar-refractivity contribution in [3.05, 3.63) is 47.5 Å². The summed E-state index contributed by atoms with van der Waals surface area (Å²) in [4.78, 5) is 2.02. The maximum absolute atomic E-state index is 9.35. The van der Waals surface area contributed by atoms with Crippen LogP contribution in [-0.2, 0) is 0 Å². The molecule has 0 saturated heterocycles. The smallest absolute Gasteiger partial charge is 0.132 e. The molecule has 0 aliphatic rings. The Morgan fingerprint density at radius 1 is 0.543 bits per heavy atom. The first-order valence-corrected chi connectivity index (χ1v) is 12.8. The van der Waals surface area contributed by atoms with Gasteiger partial charge in [0.15, 0.2) is 0 Å². The number of thiophene rings is 3. The summed E-state index contributed by atoms with van der Waals surface area (Å²) < 4.78 is 27.1. The Balaban J connectivity index is 1.68. The van der Waals surface area contributed by atoms with E-state index in [1.165, 1.54) is 18.8 Å². The van der Waals surface area contributed by atoms with E-state index in [1.54, 1.807) is 86.7 Å². The molecule has 0 spiro atoms. The molecule has 5 aromatic rings. The van der Waals surface area contributed by atoms with Gasteiger partial charge in [0.1, 0.15) is 23.0 Å². The molecule has 0 N–H and O–H groups in total. The number of methoxy groups -OCH3 is 4. The van der Waals surface area contributed by atoms with Crippen LogP contribution < -0.4 is 18.9 Å². The van der Waals surface area contributed by atoms with Crippen molar-refractivity contribution in [2.75, 3.05) is 28.4 Å². The molecule has 9 heteroatoms. The Morgan fingerprint density at radius 3 is 1.17 bits per heavy atom. The van der Waals surface area contributed by atoms with Crippen LogP contribution in [0.3, 0.4) is 0 Å². The molecule has 0 unspecified atom stereocenters. The number of benzene rings is 2. The molecule has 5 rings (SSSR count). The van der Waals surface area contributed by atoms with Crippen LogP contribution in [0.1, 0.15) is 11.1 Å². The highest BCUT2D eigenvalue weighted by atomic mass is 32.1. The van der Waals surface area contributed by atoms with E-state index in [4.69, 9.17) is 18.9 Å². The molecule has 2 aromatic carbocycles. The maximum Gasteiger partial charge on any atom is 0.132 e. The monoisotopic (exact) mass is 518 g/mol. The summed E-state index contributed by atoms with van der Waals surface area (Å²) in [7, 11) is 6.38. The minimum atomic E-state index is 0.483. The first-order chi connectivity index (χ1) is 17.0. The highest BCUT2D eigenvalue weighted by molar-refractivity contribution is 7.40. The van der Waals surface area contributed by atoms with Crippen LogP contribution in [0.2, 0.25) is 0 Å². The molecule has 6 nitrogen and oxygen atoms in total. The highest BCUT2D eigenvalue weighted by Crippen LogP contribution is 2.52. The van der Waals surface area contributed by atoms with Crippen LogP contribution in [0.5, 0.6) is 23.0 Å². The molecule has 0 amide bonds. The minimum absolute atomic E-state index is 0.483. The van der Waals surface area contributed by atoms with Gasteiger partial charge in [-0.1, -0.05) is 0 Å². The normalized spacial score (nSPS) is 10.8. The van der Waals surface area contributed by atoms with Crippen molar-refractivity contribution in [3.63, 3.8) is 0 Å². The fraction of sp³-hybridized carbons (Fsp3) is 0.154. The standard InChI is InChI=1S/C26H18N2O4S3/c1-29-15-5-13(11-27)6-16(30-2)23(15)19-9-21-25(34-19)26-22(33-21)10-20(35-26)24-17(31-3)7-14(12-28)8-18(24)32-4/h5-10H,1-4H3. The van der Waals surface area contributed by atoms with Gasteiger partial charge >= 0.3 is 0 Å². The lowest BCUT2D eigenvalue weighted by Gasteiger charge is -2.12. The summed E-state index contributed by atoms with van der Waals surface area (Å²) in [6, 6.07) is 15.5. The molecule has 35 heavy (non-hydrogen) atoms. The summed E-state index contributed by atoms with van der Waals surface area (Å²) in [6.45, 7) is 0. The third-order valence-electron chi connectivity index (χ3n) is 5.58. The predicted octanol–water partition coefficient (Wildman–Crippen LogP) is 7.29. The second kappa shape index (κ2) is 9.12. The van der Waals surface area contributed by atoms with Crippen LogP contribution in [0.4, 0.5) is 0 Å². The lowest BCUT2D eigenvalue weighted by molar-refractivity contribution is 0.397. The van der Waals surface area contributed by atoms with Crippen LogP contribution in [-0.4, -0.2) is 28.4 Å². The van der Waals surface area contributed by atoms with Crippen molar-refractivity contribution < 1.29 is 18.9 Å². The van der Waals surface area contributed by atoms with Crippen LogP contribution in [0.25, 0.3) is 39.7 Å². The van der Waals surface area contributed by atoms with E-state index in [1.807, 2.05) is 0 Å². The van der Waals surface area contributed by atoms with E-state index in [0.717, 1.165) is 20.9 Å². The lowest BCUT2D eigenvalue weighted by atomic mass is 10.1. The van der Waals surface area contributed by atoms with E-state index in [-0.39, 0.29) is 0 Å². The number of fused-ring (bicyclic) bond motifs is 3. The van der Waals surface area contributed by atoms with Crippen LogP contribution in [0, 0.1) is 22.7 Å². The van der Waals surface area contributed by atoms with Gasteiger partial charge in [-0.15, -0.1) is 34.0 Å². The molecule has 0 aliphatic carbocycles. The maximum atomic E-state index is 9.35. The summed E-state index contributed by atoms with van der Waals surface area (Å²) in [6.07, 6.45) is 0. The van der Waals surface area contributed by atoms with E-state index < -0.39 is 0 Å². The second-order valence-electron chi connectivity index (χ2n) is 7.45. The first-order valence-electron chi connectivity index (χ1n) is 10.3. The van der Waals surface area contributed by atoms with Gasteiger partial charge in [-0.3, -0.25) is 0 Å². The number of rotatable bonds is 6. The van der Waals surface area contributed by atoms with Crippen molar-refractivity contribution in [1.29, 1.82) is 10.5 Å². The van der Waals surface area contributed by atoms with E-state index in [0.29, 0.717) is 34.1 Å². The van der Waals surface area contributed by atoms with E-state index >= 15 is 0 Å². The van der Waals surface area contributed by atoms with Crippen molar-refractivity contribution in [1.82, 2.24) is 0 Å². The Hall–Kier alpha value is -3.76. The molecule has 3 aromatic heterocycles.